The minimum Gasteiger partial charge on any atom is -0.477 e. The molecule has 0 bridgehead atoms. The van der Waals surface area contributed by atoms with Crippen molar-refractivity contribution in [3.8, 4) is 5.75 Å². The Labute approximate surface area is 108 Å². The summed E-state index contributed by atoms with van der Waals surface area (Å²) in [5.41, 5.74) is -0.188. The van der Waals surface area contributed by atoms with Gasteiger partial charge in [-0.1, -0.05) is 30.3 Å². The second-order valence-corrected chi connectivity index (χ2v) is 3.84. The van der Waals surface area contributed by atoms with E-state index in [1.54, 1.807) is 6.07 Å². The number of nitro benzene ring substituents is 1. The minimum atomic E-state index is -0.576. The molecule has 0 fully saturated rings. The Morgan fingerprint density at radius 1 is 1.50 bits per heavy atom. The molecule has 0 radical (unpaired) electrons. The van der Waals surface area contributed by atoms with Gasteiger partial charge >= 0.3 is 5.69 Å². The number of hydrogen-bond acceptors (Lipinski definition) is 4. The number of nitrogens with one attached hydrogen (secondary N) is 1. The average Bonchev–Trinajstić information content (AvgIpc) is 2.34. The van der Waals surface area contributed by atoms with Gasteiger partial charge in [0.05, 0.1) is 11.5 Å². The van der Waals surface area contributed by atoms with Crippen molar-refractivity contribution in [1.29, 1.82) is 0 Å². The van der Waals surface area contributed by atoms with E-state index in [1.165, 1.54) is 18.2 Å². The molecule has 6 nitrogen and oxygen atoms in total. The lowest BCUT2D eigenvalue weighted by Gasteiger charge is -2.06. The van der Waals surface area contributed by atoms with E-state index in [9.17, 15) is 14.9 Å². The molecule has 0 aliphatic rings. The first-order chi connectivity index (χ1) is 8.50. The van der Waals surface area contributed by atoms with Crippen LogP contribution >= 0.6 is 11.6 Å². The van der Waals surface area contributed by atoms with E-state index < -0.39 is 10.8 Å². The summed E-state index contributed by atoms with van der Waals surface area (Å²) in [7, 11) is 0. The van der Waals surface area contributed by atoms with Gasteiger partial charge in [0.1, 0.15) is 0 Å². The SMILES string of the molecule is C=C(Cl)CNC(=O)COc1ccccc1[N+](=O)[O-]. The second-order valence-electron chi connectivity index (χ2n) is 3.31. The summed E-state index contributed by atoms with van der Waals surface area (Å²) in [6, 6.07) is 5.82. The third kappa shape index (κ3) is 4.42. The van der Waals surface area contributed by atoms with E-state index >= 15 is 0 Å². The monoisotopic (exact) mass is 270 g/mol. The second kappa shape index (κ2) is 6.61. The van der Waals surface area contributed by atoms with E-state index in [0.29, 0.717) is 0 Å². The van der Waals surface area contributed by atoms with E-state index in [0.717, 1.165) is 0 Å². The van der Waals surface area contributed by atoms with Crippen LogP contribution in [0.15, 0.2) is 35.9 Å². The minimum absolute atomic E-state index is 0.0438. The van der Waals surface area contributed by atoms with Crippen LogP contribution in [0.1, 0.15) is 0 Å². The van der Waals surface area contributed by atoms with Gasteiger partial charge in [-0.25, -0.2) is 0 Å². The fourth-order valence-electron chi connectivity index (χ4n) is 1.12. The number of carbonyl (C=O) groups excluding carboxylic acids is 1. The van der Waals surface area contributed by atoms with Crippen LogP contribution in [0.4, 0.5) is 5.69 Å². The molecule has 0 spiro atoms. The predicted molar refractivity (Wildman–Crippen MR) is 66.6 cm³/mol. The third-order valence-electron chi connectivity index (χ3n) is 1.90. The smallest absolute Gasteiger partial charge is 0.310 e. The number of carbonyl (C=O) groups is 1. The van der Waals surface area contributed by atoms with E-state index in [2.05, 4.69) is 11.9 Å². The van der Waals surface area contributed by atoms with Crippen LogP contribution in [-0.2, 0) is 4.79 Å². The molecule has 1 N–H and O–H groups in total. The number of ether oxygens (including phenoxy) is 1. The zero-order valence-corrected chi connectivity index (χ0v) is 10.1. The molecule has 18 heavy (non-hydrogen) atoms. The highest BCUT2D eigenvalue weighted by atomic mass is 35.5. The van der Waals surface area contributed by atoms with Gasteiger partial charge in [0.15, 0.2) is 12.4 Å². The van der Waals surface area contributed by atoms with Crippen LogP contribution in [-0.4, -0.2) is 24.0 Å². The van der Waals surface area contributed by atoms with Crippen LogP contribution in [0.2, 0.25) is 0 Å². The van der Waals surface area contributed by atoms with E-state index in [-0.39, 0.29) is 29.6 Å². The van der Waals surface area contributed by atoms with Crippen molar-refractivity contribution in [3.05, 3.63) is 46.0 Å². The third-order valence-corrected chi connectivity index (χ3v) is 2.03. The van der Waals surface area contributed by atoms with Gasteiger partial charge in [0, 0.05) is 11.1 Å². The Hall–Kier alpha value is -2.08. The lowest BCUT2D eigenvalue weighted by atomic mass is 10.3. The van der Waals surface area contributed by atoms with Gasteiger partial charge in [-0.2, -0.15) is 0 Å². The van der Waals surface area contributed by atoms with Gasteiger partial charge in [-0.3, -0.25) is 14.9 Å². The van der Waals surface area contributed by atoms with Gasteiger partial charge in [0.25, 0.3) is 5.91 Å². The number of rotatable bonds is 6. The number of nitro groups is 1. The van der Waals surface area contributed by atoms with Gasteiger partial charge in [-0.15, -0.1) is 0 Å². The maximum Gasteiger partial charge on any atom is 0.310 e. The summed E-state index contributed by atoms with van der Waals surface area (Å²) >= 11 is 5.47. The van der Waals surface area contributed by atoms with Crippen LogP contribution < -0.4 is 10.1 Å². The lowest BCUT2D eigenvalue weighted by molar-refractivity contribution is -0.385. The van der Waals surface area contributed by atoms with E-state index in [4.69, 9.17) is 16.3 Å². The maximum atomic E-state index is 11.3. The first-order valence-electron chi connectivity index (χ1n) is 4.97. The van der Waals surface area contributed by atoms with E-state index in [1.807, 2.05) is 0 Å². The fraction of sp³-hybridized carbons (Fsp3) is 0.182. The van der Waals surface area contributed by atoms with Crippen molar-refractivity contribution < 1.29 is 14.5 Å². The molecule has 96 valence electrons. The molecule has 1 aromatic rings. The van der Waals surface area contributed by atoms with Crippen LogP contribution in [0, 0.1) is 10.1 Å². The summed E-state index contributed by atoms with van der Waals surface area (Å²) in [6.45, 7) is 3.20. The molecule has 0 aliphatic carbocycles. The highest BCUT2D eigenvalue weighted by molar-refractivity contribution is 6.29. The number of para-hydroxylation sites is 2. The molecular formula is C11H11ClN2O4. The number of amides is 1. The van der Waals surface area contributed by atoms with Crippen LogP contribution in [0.3, 0.4) is 0 Å². The first-order valence-corrected chi connectivity index (χ1v) is 5.34. The van der Waals surface area contributed by atoms with Gasteiger partial charge in [-0.05, 0) is 6.07 Å². The summed E-state index contributed by atoms with van der Waals surface area (Å²) < 4.78 is 5.07. The van der Waals surface area contributed by atoms with Crippen molar-refractivity contribution >= 4 is 23.2 Å². The molecule has 0 aliphatic heterocycles. The molecule has 0 atom stereocenters. The van der Waals surface area contributed by atoms with Gasteiger partial charge < -0.3 is 10.1 Å². The Morgan fingerprint density at radius 2 is 2.17 bits per heavy atom. The highest BCUT2D eigenvalue weighted by Crippen LogP contribution is 2.25. The predicted octanol–water partition coefficient (Wildman–Crippen LogP) is 1.84. The Bertz CT molecular complexity index is 476. The molecule has 0 unspecified atom stereocenters. The number of hydrogen-bond donors (Lipinski definition) is 1. The molecule has 0 heterocycles. The van der Waals surface area contributed by atoms with Crippen LogP contribution in [0.25, 0.3) is 0 Å². The summed E-state index contributed by atoms with van der Waals surface area (Å²) in [5, 5.41) is 13.4. The zero-order valence-electron chi connectivity index (χ0n) is 9.39. The average molecular weight is 271 g/mol. The van der Waals surface area contributed by atoms with Gasteiger partial charge in [0.2, 0.25) is 0 Å². The van der Waals surface area contributed by atoms with Crippen molar-refractivity contribution in [2.75, 3.05) is 13.2 Å². The fourth-order valence-corrected chi connectivity index (χ4v) is 1.19. The maximum absolute atomic E-state index is 11.3. The van der Waals surface area contributed by atoms with Crippen molar-refractivity contribution in [2.45, 2.75) is 0 Å². The molecular weight excluding hydrogens is 260 g/mol. The quantitative estimate of drug-likeness (QED) is 0.632. The van der Waals surface area contributed by atoms with Crippen molar-refractivity contribution in [3.63, 3.8) is 0 Å². The first kappa shape index (κ1) is 14.0. The molecule has 0 aromatic heterocycles. The topological polar surface area (TPSA) is 81.5 Å². The summed E-state index contributed by atoms with van der Waals surface area (Å²) in [4.78, 5) is 21.4. The molecule has 0 saturated carbocycles. The summed E-state index contributed by atoms with van der Waals surface area (Å²) in [5.74, 6) is -0.391. The normalized spacial score (nSPS) is 9.61. The van der Waals surface area contributed by atoms with Crippen LogP contribution in [0.5, 0.6) is 5.75 Å². The largest absolute Gasteiger partial charge is 0.477 e. The molecule has 0 saturated heterocycles. The Morgan fingerprint density at radius 3 is 2.78 bits per heavy atom. The van der Waals surface area contributed by atoms with Crippen molar-refractivity contribution in [2.24, 2.45) is 0 Å². The standard InChI is InChI=1S/C11H11ClN2O4/c1-8(12)6-13-11(15)7-18-10-5-3-2-4-9(10)14(16)17/h2-5H,1,6-7H2,(H,13,15). The Kier molecular flexibility index (Phi) is 5.13. The number of benzene rings is 1. The summed E-state index contributed by atoms with van der Waals surface area (Å²) in [6.07, 6.45) is 0. The zero-order chi connectivity index (χ0) is 13.5. The molecule has 1 rings (SSSR count). The molecule has 1 aromatic carbocycles. The molecule has 7 heteroatoms. The highest BCUT2D eigenvalue weighted by Gasteiger charge is 2.14. The Balaban J connectivity index is 2.56. The lowest BCUT2D eigenvalue weighted by Crippen LogP contribution is -2.29. The van der Waals surface area contributed by atoms with Crippen molar-refractivity contribution in [1.82, 2.24) is 5.32 Å². The number of halogens is 1. The number of nitrogens with zero attached hydrogens (tertiary/aromatic N) is 1. The molecule has 1 amide bonds.